The smallest absolute Gasteiger partial charge is 0.0604 e. The number of benzene rings is 1. The standard InChI is InChI=1S/C12H13BrN2/c1-7-4-8-9-6-14-3-2-11(9)15-12(8)10(13)5-7/h4-5,14-15H,2-3,6H2,1H3. The van der Waals surface area contributed by atoms with Crippen molar-refractivity contribution in [3.63, 3.8) is 0 Å². The Labute approximate surface area is 97.2 Å². The van der Waals surface area contributed by atoms with Crippen molar-refractivity contribution in [3.05, 3.63) is 33.4 Å². The Bertz CT molecular complexity index is 528. The first-order valence-electron chi connectivity index (χ1n) is 5.26. The molecule has 0 spiro atoms. The van der Waals surface area contributed by atoms with Crippen LogP contribution in [0.15, 0.2) is 16.6 Å². The third kappa shape index (κ3) is 1.42. The minimum absolute atomic E-state index is 0.991. The molecular formula is C12H13BrN2. The molecular weight excluding hydrogens is 252 g/mol. The van der Waals surface area contributed by atoms with Gasteiger partial charge >= 0.3 is 0 Å². The third-order valence-corrected chi connectivity index (χ3v) is 3.68. The van der Waals surface area contributed by atoms with E-state index in [9.17, 15) is 0 Å². The molecule has 0 bridgehead atoms. The molecule has 1 aliphatic heterocycles. The first-order valence-corrected chi connectivity index (χ1v) is 6.05. The minimum Gasteiger partial charge on any atom is -0.357 e. The Kier molecular flexibility index (Phi) is 2.11. The molecule has 0 saturated carbocycles. The van der Waals surface area contributed by atoms with Crippen molar-refractivity contribution in [1.29, 1.82) is 0 Å². The Morgan fingerprint density at radius 3 is 3.07 bits per heavy atom. The number of aryl methyl sites for hydroxylation is 1. The van der Waals surface area contributed by atoms with Gasteiger partial charge in [-0.25, -0.2) is 0 Å². The molecule has 0 atom stereocenters. The van der Waals surface area contributed by atoms with Crippen LogP contribution in [-0.4, -0.2) is 11.5 Å². The average Bonchev–Trinajstić information content (AvgIpc) is 2.57. The summed E-state index contributed by atoms with van der Waals surface area (Å²) < 4.78 is 1.17. The number of rotatable bonds is 0. The zero-order valence-electron chi connectivity index (χ0n) is 8.65. The molecule has 3 rings (SSSR count). The number of fused-ring (bicyclic) bond motifs is 3. The number of aromatic nitrogens is 1. The molecule has 0 fully saturated rings. The SMILES string of the molecule is Cc1cc(Br)c2[nH]c3c(c2c1)CNCC3. The molecule has 2 heterocycles. The van der Waals surface area contributed by atoms with Crippen LogP contribution in [0.1, 0.15) is 16.8 Å². The van der Waals surface area contributed by atoms with Crippen LogP contribution in [0.3, 0.4) is 0 Å². The first-order chi connectivity index (χ1) is 7.25. The van der Waals surface area contributed by atoms with Crippen LogP contribution in [0.5, 0.6) is 0 Å². The van der Waals surface area contributed by atoms with E-state index in [1.807, 2.05) is 0 Å². The second-order valence-electron chi connectivity index (χ2n) is 4.18. The zero-order chi connectivity index (χ0) is 10.4. The van der Waals surface area contributed by atoms with Gasteiger partial charge in [-0.1, -0.05) is 0 Å². The highest BCUT2D eigenvalue weighted by Crippen LogP contribution is 2.31. The lowest BCUT2D eigenvalue weighted by Crippen LogP contribution is -2.22. The number of H-pyrrole nitrogens is 1. The fourth-order valence-corrected chi connectivity index (χ4v) is 3.01. The summed E-state index contributed by atoms with van der Waals surface area (Å²) in [6, 6.07) is 4.43. The summed E-state index contributed by atoms with van der Waals surface area (Å²) in [4.78, 5) is 3.52. The molecule has 0 radical (unpaired) electrons. The Morgan fingerprint density at radius 2 is 2.20 bits per heavy atom. The van der Waals surface area contributed by atoms with Crippen molar-refractivity contribution in [1.82, 2.24) is 10.3 Å². The van der Waals surface area contributed by atoms with Crippen molar-refractivity contribution in [3.8, 4) is 0 Å². The maximum Gasteiger partial charge on any atom is 0.0604 e. The Balaban J connectivity index is 2.37. The summed E-state index contributed by atoms with van der Waals surface area (Å²) in [7, 11) is 0. The molecule has 1 aromatic carbocycles. The van der Waals surface area contributed by atoms with Crippen LogP contribution in [0.4, 0.5) is 0 Å². The average molecular weight is 265 g/mol. The van der Waals surface area contributed by atoms with Gasteiger partial charge in [-0.3, -0.25) is 0 Å². The van der Waals surface area contributed by atoms with Crippen LogP contribution in [-0.2, 0) is 13.0 Å². The van der Waals surface area contributed by atoms with Gasteiger partial charge in [0, 0.05) is 35.1 Å². The quantitative estimate of drug-likeness (QED) is 0.753. The molecule has 0 aliphatic carbocycles. The largest absolute Gasteiger partial charge is 0.357 e. The van der Waals surface area contributed by atoms with Gasteiger partial charge in [0.25, 0.3) is 0 Å². The molecule has 2 nitrogen and oxygen atoms in total. The molecule has 0 amide bonds. The number of hydrogen-bond donors (Lipinski definition) is 2. The lowest BCUT2D eigenvalue weighted by atomic mass is 10.0. The lowest BCUT2D eigenvalue weighted by molar-refractivity contribution is 0.641. The fraction of sp³-hybridized carbons (Fsp3) is 0.333. The molecule has 1 aromatic heterocycles. The third-order valence-electron chi connectivity index (χ3n) is 3.05. The summed E-state index contributed by atoms with van der Waals surface area (Å²) >= 11 is 3.62. The van der Waals surface area contributed by atoms with Crippen molar-refractivity contribution in [2.45, 2.75) is 19.9 Å². The van der Waals surface area contributed by atoms with E-state index in [1.54, 1.807) is 0 Å². The highest BCUT2D eigenvalue weighted by Gasteiger charge is 2.16. The van der Waals surface area contributed by atoms with Gasteiger partial charge in [-0.2, -0.15) is 0 Å². The number of hydrogen-bond acceptors (Lipinski definition) is 1. The highest BCUT2D eigenvalue weighted by molar-refractivity contribution is 9.10. The van der Waals surface area contributed by atoms with Crippen molar-refractivity contribution in [2.24, 2.45) is 0 Å². The maximum atomic E-state index is 3.62. The Morgan fingerprint density at radius 1 is 1.33 bits per heavy atom. The fourth-order valence-electron chi connectivity index (χ4n) is 2.34. The number of halogens is 1. The summed E-state index contributed by atoms with van der Waals surface area (Å²) in [5, 5.41) is 4.79. The topological polar surface area (TPSA) is 27.8 Å². The normalized spacial score (nSPS) is 15.6. The van der Waals surface area contributed by atoms with Crippen LogP contribution in [0, 0.1) is 6.92 Å². The molecule has 0 saturated heterocycles. The number of nitrogens with one attached hydrogen (secondary N) is 2. The van der Waals surface area contributed by atoms with Crippen LogP contribution >= 0.6 is 15.9 Å². The second kappa shape index (κ2) is 3.35. The van der Waals surface area contributed by atoms with Crippen molar-refractivity contribution < 1.29 is 0 Å². The van der Waals surface area contributed by atoms with Gasteiger partial charge in [-0.05, 0) is 46.1 Å². The lowest BCUT2D eigenvalue weighted by Gasteiger charge is -2.12. The predicted molar refractivity (Wildman–Crippen MR) is 66.1 cm³/mol. The molecule has 15 heavy (non-hydrogen) atoms. The van der Waals surface area contributed by atoms with E-state index in [-0.39, 0.29) is 0 Å². The van der Waals surface area contributed by atoms with Gasteiger partial charge in [0.05, 0.1) is 5.52 Å². The van der Waals surface area contributed by atoms with Crippen molar-refractivity contribution >= 4 is 26.8 Å². The summed E-state index contributed by atoms with van der Waals surface area (Å²) in [5.41, 5.74) is 5.40. The van der Waals surface area contributed by atoms with E-state index >= 15 is 0 Å². The van der Waals surface area contributed by atoms with Crippen LogP contribution < -0.4 is 5.32 Å². The molecule has 2 aromatic rings. The van der Waals surface area contributed by atoms with Gasteiger partial charge in [0.15, 0.2) is 0 Å². The van der Waals surface area contributed by atoms with Gasteiger partial charge in [-0.15, -0.1) is 0 Å². The molecule has 78 valence electrons. The molecule has 2 N–H and O–H groups in total. The van der Waals surface area contributed by atoms with Crippen LogP contribution in [0.2, 0.25) is 0 Å². The summed E-state index contributed by atoms with van der Waals surface area (Å²) in [6.45, 7) is 4.21. The minimum atomic E-state index is 0.991. The predicted octanol–water partition coefficient (Wildman–Crippen LogP) is 2.88. The van der Waals surface area contributed by atoms with E-state index in [4.69, 9.17) is 0 Å². The van der Waals surface area contributed by atoms with Crippen molar-refractivity contribution in [2.75, 3.05) is 6.54 Å². The second-order valence-corrected chi connectivity index (χ2v) is 5.03. The van der Waals surface area contributed by atoms with Gasteiger partial charge < -0.3 is 10.3 Å². The van der Waals surface area contributed by atoms with Gasteiger partial charge in [0.2, 0.25) is 0 Å². The molecule has 3 heteroatoms. The maximum absolute atomic E-state index is 3.62. The summed E-state index contributed by atoms with van der Waals surface area (Å²) in [6.07, 6.45) is 1.11. The first kappa shape index (κ1) is 9.43. The van der Waals surface area contributed by atoms with E-state index in [2.05, 4.69) is 45.3 Å². The molecule has 0 unspecified atom stereocenters. The van der Waals surface area contributed by atoms with E-state index < -0.39 is 0 Å². The van der Waals surface area contributed by atoms with E-state index in [0.29, 0.717) is 0 Å². The van der Waals surface area contributed by atoms with E-state index in [1.165, 1.54) is 32.2 Å². The highest BCUT2D eigenvalue weighted by atomic mass is 79.9. The van der Waals surface area contributed by atoms with E-state index in [0.717, 1.165) is 19.5 Å². The monoisotopic (exact) mass is 264 g/mol. The number of aromatic amines is 1. The van der Waals surface area contributed by atoms with Gasteiger partial charge in [0.1, 0.15) is 0 Å². The Hall–Kier alpha value is -0.800. The summed E-state index contributed by atoms with van der Waals surface area (Å²) in [5.74, 6) is 0. The zero-order valence-corrected chi connectivity index (χ0v) is 10.2. The van der Waals surface area contributed by atoms with Crippen LogP contribution in [0.25, 0.3) is 10.9 Å². The molecule has 1 aliphatic rings.